The Morgan fingerprint density at radius 2 is 1.88 bits per heavy atom. The van der Waals surface area contributed by atoms with Gasteiger partial charge in [0.2, 0.25) is 5.95 Å². The van der Waals surface area contributed by atoms with Crippen molar-refractivity contribution >= 4 is 17.6 Å². The van der Waals surface area contributed by atoms with E-state index in [1.54, 1.807) is 6.20 Å². The van der Waals surface area contributed by atoms with E-state index < -0.39 is 0 Å². The summed E-state index contributed by atoms with van der Waals surface area (Å²) >= 11 is 0. The van der Waals surface area contributed by atoms with Gasteiger partial charge in [0.15, 0.2) is 5.82 Å². The van der Waals surface area contributed by atoms with Crippen LogP contribution in [0.2, 0.25) is 0 Å². The summed E-state index contributed by atoms with van der Waals surface area (Å²) in [6.45, 7) is 2.81. The van der Waals surface area contributed by atoms with Gasteiger partial charge in [0.05, 0.1) is 11.8 Å². The normalized spacial score (nSPS) is 23.4. The molecule has 0 aromatic carbocycles. The summed E-state index contributed by atoms with van der Waals surface area (Å²) in [7, 11) is 0. The van der Waals surface area contributed by atoms with E-state index in [1.165, 1.54) is 6.20 Å². The van der Waals surface area contributed by atoms with Gasteiger partial charge in [-0.3, -0.25) is 4.79 Å². The lowest BCUT2D eigenvalue weighted by Crippen LogP contribution is -2.48. The molecule has 3 heterocycles. The predicted octanol–water partition coefficient (Wildman–Crippen LogP) is -0.293. The summed E-state index contributed by atoms with van der Waals surface area (Å²) in [5.41, 5.74) is 6.60. The lowest BCUT2D eigenvalue weighted by molar-refractivity contribution is 0.0732. The molecule has 2 aromatic heterocycles. The van der Waals surface area contributed by atoms with Crippen LogP contribution in [-0.4, -0.2) is 57.3 Å². The molecule has 0 bridgehead atoms. The van der Waals surface area contributed by atoms with Crippen molar-refractivity contribution in [3.63, 3.8) is 0 Å². The Hall–Kier alpha value is -2.68. The topological polar surface area (TPSA) is 124 Å². The third kappa shape index (κ3) is 3.14. The molecule has 9 heteroatoms. The summed E-state index contributed by atoms with van der Waals surface area (Å²) < 4.78 is 0. The Morgan fingerprint density at radius 1 is 1.16 bits per heavy atom. The Morgan fingerprint density at radius 3 is 2.56 bits per heavy atom. The minimum atomic E-state index is -0.232. The minimum Gasteiger partial charge on any atom is -0.393 e. The molecule has 2 fully saturated rings. The smallest absolute Gasteiger partial charge is 0.290 e. The van der Waals surface area contributed by atoms with Gasteiger partial charge in [-0.1, -0.05) is 0 Å². The van der Waals surface area contributed by atoms with Crippen molar-refractivity contribution in [3.8, 4) is 0 Å². The largest absolute Gasteiger partial charge is 0.393 e. The second kappa shape index (κ2) is 6.32. The number of aromatic amines is 1. The maximum atomic E-state index is 11.9. The number of rotatable bonds is 3. The fraction of sp³-hybridized carbons (Fsp3) is 0.500. The summed E-state index contributed by atoms with van der Waals surface area (Å²) in [5.74, 6) is 1.77. The average molecular weight is 343 g/mol. The molecule has 132 valence electrons. The number of nitrogens with one attached hydrogen (secondary N) is 1. The minimum absolute atomic E-state index is 0.173. The van der Waals surface area contributed by atoms with Gasteiger partial charge in [0.1, 0.15) is 5.82 Å². The van der Waals surface area contributed by atoms with Crippen LogP contribution in [0.25, 0.3) is 0 Å². The Bertz CT molecular complexity index is 810. The van der Waals surface area contributed by atoms with Crippen LogP contribution in [0.15, 0.2) is 23.3 Å². The fourth-order valence-electron chi connectivity index (χ4n) is 3.39. The van der Waals surface area contributed by atoms with E-state index in [0.717, 1.165) is 37.4 Å². The molecule has 0 unspecified atom stereocenters. The molecule has 0 radical (unpaired) electrons. The van der Waals surface area contributed by atoms with Crippen LogP contribution in [0.1, 0.15) is 24.5 Å². The van der Waals surface area contributed by atoms with Gasteiger partial charge in [0.25, 0.3) is 5.56 Å². The fourth-order valence-corrected chi connectivity index (χ4v) is 3.39. The third-order valence-corrected chi connectivity index (χ3v) is 4.87. The quantitative estimate of drug-likeness (QED) is 0.694. The molecular formula is C16H21N7O2. The summed E-state index contributed by atoms with van der Waals surface area (Å²) in [6, 6.07) is 1.97. The molecule has 1 saturated heterocycles. The SMILES string of the molecule is Nc1nc(C2CC(O)C2)cc(N2CCN(c3ncc[nH]c3=O)CC2)n1. The first kappa shape index (κ1) is 15.8. The van der Waals surface area contributed by atoms with E-state index in [1.807, 2.05) is 11.0 Å². The monoisotopic (exact) mass is 343 g/mol. The van der Waals surface area contributed by atoms with Gasteiger partial charge in [-0.15, -0.1) is 0 Å². The highest BCUT2D eigenvalue weighted by atomic mass is 16.3. The Balaban J connectivity index is 1.47. The molecule has 0 atom stereocenters. The number of hydrogen-bond donors (Lipinski definition) is 3. The van der Waals surface area contributed by atoms with Gasteiger partial charge in [-0.2, -0.15) is 4.98 Å². The summed E-state index contributed by atoms with van der Waals surface area (Å²) in [6.07, 6.45) is 4.35. The zero-order chi connectivity index (χ0) is 17.4. The molecule has 4 rings (SSSR count). The van der Waals surface area contributed by atoms with Crippen molar-refractivity contribution in [3.05, 3.63) is 34.5 Å². The van der Waals surface area contributed by atoms with E-state index in [2.05, 4.69) is 24.8 Å². The Labute approximate surface area is 144 Å². The number of aliphatic hydroxyl groups is 1. The van der Waals surface area contributed by atoms with Crippen molar-refractivity contribution in [2.24, 2.45) is 0 Å². The molecule has 9 nitrogen and oxygen atoms in total. The Kier molecular flexibility index (Phi) is 4.00. The average Bonchev–Trinajstić information content (AvgIpc) is 2.59. The predicted molar refractivity (Wildman–Crippen MR) is 93.7 cm³/mol. The van der Waals surface area contributed by atoms with Gasteiger partial charge in [-0.25, -0.2) is 9.97 Å². The first-order chi connectivity index (χ1) is 12.1. The van der Waals surface area contributed by atoms with E-state index in [0.29, 0.717) is 18.9 Å². The number of nitrogens with zero attached hydrogens (tertiary/aromatic N) is 5. The van der Waals surface area contributed by atoms with Crippen LogP contribution in [0.4, 0.5) is 17.6 Å². The van der Waals surface area contributed by atoms with Gasteiger partial charge < -0.3 is 25.6 Å². The number of nitrogen functional groups attached to an aromatic ring is 1. The third-order valence-electron chi connectivity index (χ3n) is 4.87. The first-order valence-electron chi connectivity index (χ1n) is 8.46. The second-order valence-electron chi connectivity index (χ2n) is 6.55. The van der Waals surface area contributed by atoms with E-state index in [4.69, 9.17) is 5.73 Å². The number of anilines is 3. The molecule has 4 N–H and O–H groups in total. The van der Waals surface area contributed by atoms with Gasteiger partial charge >= 0.3 is 0 Å². The highest BCUT2D eigenvalue weighted by molar-refractivity contribution is 5.47. The lowest BCUT2D eigenvalue weighted by atomic mass is 9.80. The molecule has 1 aliphatic heterocycles. The van der Waals surface area contributed by atoms with Crippen molar-refractivity contribution in [1.29, 1.82) is 0 Å². The highest BCUT2D eigenvalue weighted by Gasteiger charge is 2.31. The zero-order valence-corrected chi connectivity index (χ0v) is 13.8. The summed E-state index contributed by atoms with van der Waals surface area (Å²) in [4.78, 5) is 31.5. The van der Waals surface area contributed by atoms with Crippen LogP contribution in [0, 0.1) is 0 Å². The molecule has 2 aliphatic rings. The molecular weight excluding hydrogens is 322 g/mol. The lowest BCUT2D eigenvalue weighted by Gasteiger charge is -2.36. The van der Waals surface area contributed by atoms with Crippen molar-refractivity contribution in [2.45, 2.75) is 24.9 Å². The van der Waals surface area contributed by atoms with E-state index in [9.17, 15) is 9.90 Å². The van der Waals surface area contributed by atoms with Crippen LogP contribution >= 0.6 is 0 Å². The number of hydrogen-bond acceptors (Lipinski definition) is 8. The van der Waals surface area contributed by atoms with E-state index in [-0.39, 0.29) is 23.5 Å². The van der Waals surface area contributed by atoms with E-state index >= 15 is 0 Å². The van der Waals surface area contributed by atoms with Crippen molar-refractivity contribution in [2.75, 3.05) is 41.7 Å². The van der Waals surface area contributed by atoms with Crippen LogP contribution in [0.5, 0.6) is 0 Å². The number of nitrogens with two attached hydrogens (primary N) is 1. The zero-order valence-electron chi connectivity index (χ0n) is 13.8. The molecule has 25 heavy (non-hydrogen) atoms. The number of aromatic nitrogens is 4. The standard InChI is InChI=1S/C16H21N7O2/c17-16-20-12(10-7-11(24)8-10)9-13(21-16)22-3-5-23(6-4-22)14-15(25)19-2-1-18-14/h1-2,9-11,24H,3-8H2,(H,19,25)(H2,17,20,21). The van der Waals surface area contributed by atoms with Crippen LogP contribution < -0.4 is 21.1 Å². The number of H-pyrrole nitrogens is 1. The number of aliphatic hydroxyl groups excluding tert-OH is 1. The molecule has 1 saturated carbocycles. The first-order valence-corrected chi connectivity index (χ1v) is 8.46. The highest BCUT2D eigenvalue weighted by Crippen LogP contribution is 2.37. The maximum Gasteiger partial charge on any atom is 0.290 e. The second-order valence-corrected chi connectivity index (χ2v) is 6.55. The molecule has 0 spiro atoms. The van der Waals surface area contributed by atoms with Crippen LogP contribution in [0.3, 0.4) is 0 Å². The van der Waals surface area contributed by atoms with Gasteiger partial charge in [0, 0.05) is 50.6 Å². The van der Waals surface area contributed by atoms with Crippen molar-refractivity contribution < 1.29 is 5.11 Å². The molecule has 0 amide bonds. The van der Waals surface area contributed by atoms with Crippen LogP contribution in [-0.2, 0) is 0 Å². The maximum absolute atomic E-state index is 11.9. The van der Waals surface area contributed by atoms with Gasteiger partial charge in [-0.05, 0) is 12.8 Å². The number of piperazine rings is 1. The van der Waals surface area contributed by atoms with Crippen molar-refractivity contribution in [1.82, 2.24) is 19.9 Å². The molecule has 1 aliphatic carbocycles. The summed E-state index contributed by atoms with van der Waals surface area (Å²) in [5, 5.41) is 9.50. The molecule has 2 aromatic rings.